The van der Waals surface area contributed by atoms with Crippen LogP contribution in [0.3, 0.4) is 0 Å². The molecule has 26 heavy (non-hydrogen) atoms. The molecule has 7 nitrogen and oxygen atoms in total. The maximum absolute atomic E-state index is 12.4. The molecule has 0 atom stereocenters. The average molecular weight is 352 g/mol. The minimum atomic E-state index is -0.549. The Labute approximate surface area is 151 Å². The number of primary amides is 1. The molecule has 1 saturated heterocycles. The van der Waals surface area contributed by atoms with Gasteiger partial charge in [-0.3, -0.25) is 9.59 Å². The summed E-state index contributed by atoms with van der Waals surface area (Å²) >= 11 is 0. The van der Waals surface area contributed by atoms with E-state index in [1.165, 1.54) is 24.3 Å². The van der Waals surface area contributed by atoms with Gasteiger partial charge in [0.2, 0.25) is 5.91 Å². The van der Waals surface area contributed by atoms with Gasteiger partial charge in [-0.25, -0.2) is 4.79 Å². The summed E-state index contributed by atoms with van der Waals surface area (Å²) in [6, 6.07) is 12.9. The summed E-state index contributed by atoms with van der Waals surface area (Å²) in [4.78, 5) is 37.6. The molecule has 0 unspecified atom stereocenters. The molecule has 134 valence electrons. The highest BCUT2D eigenvalue weighted by Gasteiger charge is 2.19. The fourth-order valence-corrected chi connectivity index (χ4v) is 2.80. The predicted molar refractivity (Wildman–Crippen MR) is 99.2 cm³/mol. The molecule has 2 aromatic carbocycles. The summed E-state index contributed by atoms with van der Waals surface area (Å²) in [5.74, 6) is -0.893. The molecule has 7 heteroatoms. The minimum absolute atomic E-state index is 0.171. The van der Waals surface area contributed by atoms with Gasteiger partial charge in [0.25, 0.3) is 5.91 Å². The second kappa shape index (κ2) is 7.69. The van der Waals surface area contributed by atoms with E-state index in [0.717, 1.165) is 25.9 Å². The first-order chi connectivity index (χ1) is 12.5. The van der Waals surface area contributed by atoms with Crippen molar-refractivity contribution in [3.05, 3.63) is 59.7 Å². The van der Waals surface area contributed by atoms with Gasteiger partial charge in [0, 0.05) is 24.2 Å². The van der Waals surface area contributed by atoms with Crippen LogP contribution in [0.5, 0.6) is 0 Å². The van der Waals surface area contributed by atoms with Gasteiger partial charge in [-0.1, -0.05) is 12.1 Å². The topological polar surface area (TPSA) is 105 Å². The molecule has 2 aromatic rings. The molecule has 1 aliphatic heterocycles. The largest absolute Gasteiger partial charge is 0.366 e. The van der Waals surface area contributed by atoms with Crippen LogP contribution in [-0.4, -0.2) is 35.8 Å². The molecule has 4 N–H and O–H groups in total. The van der Waals surface area contributed by atoms with Crippen LogP contribution in [0.25, 0.3) is 0 Å². The molecule has 3 rings (SSSR count). The van der Waals surface area contributed by atoms with Crippen LogP contribution >= 0.6 is 0 Å². The highest BCUT2D eigenvalue weighted by Crippen LogP contribution is 2.23. The molecule has 4 amide bonds. The molecular formula is C19H20N4O3. The molecule has 0 aromatic heterocycles. The zero-order valence-electron chi connectivity index (χ0n) is 14.2. The van der Waals surface area contributed by atoms with Crippen LogP contribution in [0.4, 0.5) is 16.2 Å². The van der Waals surface area contributed by atoms with E-state index < -0.39 is 5.91 Å². The Kier molecular flexibility index (Phi) is 5.17. The van der Waals surface area contributed by atoms with Crippen molar-refractivity contribution in [1.82, 2.24) is 4.90 Å². The first-order valence-electron chi connectivity index (χ1n) is 8.41. The summed E-state index contributed by atoms with van der Waals surface area (Å²) in [7, 11) is 0. The van der Waals surface area contributed by atoms with Crippen LogP contribution in [0.1, 0.15) is 33.6 Å². The number of hydrogen-bond donors (Lipinski definition) is 3. The Hall–Kier alpha value is -3.35. The van der Waals surface area contributed by atoms with Gasteiger partial charge in [0.05, 0.1) is 11.4 Å². The summed E-state index contributed by atoms with van der Waals surface area (Å²) in [6.45, 7) is 1.49. The molecule has 1 aliphatic rings. The summed E-state index contributed by atoms with van der Waals surface area (Å²) in [5, 5.41) is 5.63. The monoisotopic (exact) mass is 352 g/mol. The quantitative estimate of drug-likeness (QED) is 0.788. The Balaban J connectivity index is 1.72. The Morgan fingerprint density at radius 3 is 1.92 bits per heavy atom. The molecule has 1 fully saturated rings. The first kappa shape index (κ1) is 17.5. The van der Waals surface area contributed by atoms with E-state index in [2.05, 4.69) is 10.6 Å². The summed E-state index contributed by atoms with van der Waals surface area (Å²) < 4.78 is 0. The zero-order chi connectivity index (χ0) is 18.5. The fraction of sp³-hybridized carbons (Fsp3) is 0.211. The molecule has 1 heterocycles. The van der Waals surface area contributed by atoms with Crippen molar-refractivity contribution in [2.45, 2.75) is 12.8 Å². The van der Waals surface area contributed by atoms with Crippen molar-refractivity contribution in [3.63, 3.8) is 0 Å². The van der Waals surface area contributed by atoms with Gasteiger partial charge in [-0.2, -0.15) is 0 Å². The molecule has 0 aliphatic carbocycles. The van der Waals surface area contributed by atoms with Crippen LogP contribution in [0.15, 0.2) is 48.5 Å². The highest BCUT2D eigenvalue weighted by molar-refractivity contribution is 6.07. The van der Waals surface area contributed by atoms with Crippen molar-refractivity contribution in [3.8, 4) is 0 Å². The fourth-order valence-electron chi connectivity index (χ4n) is 2.80. The normalized spacial score (nSPS) is 13.3. The Bertz CT molecular complexity index is 827. The minimum Gasteiger partial charge on any atom is -0.366 e. The second-order valence-electron chi connectivity index (χ2n) is 6.07. The number of carbonyl (C=O) groups is 3. The van der Waals surface area contributed by atoms with Gasteiger partial charge < -0.3 is 21.3 Å². The number of nitrogens with zero attached hydrogens (tertiary/aromatic N) is 1. The van der Waals surface area contributed by atoms with Crippen molar-refractivity contribution in [2.75, 3.05) is 23.7 Å². The number of benzene rings is 2. The highest BCUT2D eigenvalue weighted by atomic mass is 16.2. The maximum atomic E-state index is 12.4. The number of nitrogens with one attached hydrogen (secondary N) is 2. The standard InChI is InChI=1S/C19H20N4O3/c20-17(24)13-7-9-14(10-8-13)18(25)21-15-5-1-2-6-16(15)22-19(26)23-11-3-4-12-23/h1-2,5-10H,3-4,11-12H2,(H2,20,24)(H,21,25)(H,22,26). The van der Waals surface area contributed by atoms with E-state index in [9.17, 15) is 14.4 Å². The van der Waals surface area contributed by atoms with Crippen molar-refractivity contribution < 1.29 is 14.4 Å². The SMILES string of the molecule is NC(=O)c1ccc(C(=O)Nc2ccccc2NC(=O)N2CCCC2)cc1. The van der Waals surface area contributed by atoms with Crippen LogP contribution in [0, 0.1) is 0 Å². The van der Waals surface area contributed by atoms with E-state index in [0.29, 0.717) is 22.5 Å². The number of carbonyl (C=O) groups excluding carboxylic acids is 3. The van der Waals surface area contributed by atoms with Crippen LogP contribution in [0.2, 0.25) is 0 Å². The van der Waals surface area contributed by atoms with Crippen molar-refractivity contribution in [2.24, 2.45) is 5.73 Å². The molecule has 0 radical (unpaired) electrons. The first-order valence-corrected chi connectivity index (χ1v) is 8.41. The third kappa shape index (κ3) is 4.00. The molecule has 0 bridgehead atoms. The number of para-hydroxylation sites is 2. The lowest BCUT2D eigenvalue weighted by Crippen LogP contribution is -2.32. The summed E-state index contributed by atoms with van der Waals surface area (Å²) in [6.07, 6.45) is 2.01. The van der Waals surface area contributed by atoms with Gasteiger partial charge >= 0.3 is 6.03 Å². The lowest BCUT2D eigenvalue weighted by atomic mass is 10.1. The molecular weight excluding hydrogens is 332 g/mol. The lowest BCUT2D eigenvalue weighted by molar-refractivity contribution is 0.0995. The second-order valence-corrected chi connectivity index (χ2v) is 6.07. The van der Waals surface area contributed by atoms with Gasteiger partial charge in [0.15, 0.2) is 0 Å². The van der Waals surface area contributed by atoms with Gasteiger partial charge in [-0.15, -0.1) is 0 Å². The smallest absolute Gasteiger partial charge is 0.321 e. The number of amides is 4. The molecule has 0 saturated carbocycles. The predicted octanol–water partition coefficient (Wildman–Crippen LogP) is 2.67. The Morgan fingerprint density at radius 2 is 1.35 bits per heavy atom. The average Bonchev–Trinajstić information content (AvgIpc) is 3.18. The maximum Gasteiger partial charge on any atom is 0.321 e. The zero-order valence-corrected chi connectivity index (χ0v) is 14.2. The van der Waals surface area contributed by atoms with Crippen LogP contribution < -0.4 is 16.4 Å². The van der Waals surface area contributed by atoms with Crippen LogP contribution in [-0.2, 0) is 0 Å². The number of urea groups is 1. The van der Waals surface area contributed by atoms with Gasteiger partial charge in [-0.05, 0) is 49.2 Å². The van der Waals surface area contributed by atoms with E-state index in [-0.39, 0.29) is 11.9 Å². The number of likely N-dealkylation sites (tertiary alicyclic amines) is 1. The third-order valence-corrected chi connectivity index (χ3v) is 4.24. The number of rotatable bonds is 4. The lowest BCUT2D eigenvalue weighted by Gasteiger charge is -2.18. The van der Waals surface area contributed by atoms with Crippen molar-refractivity contribution >= 4 is 29.2 Å². The number of nitrogens with two attached hydrogens (primary N) is 1. The van der Waals surface area contributed by atoms with Gasteiger partial charge in [0.1, 0.15) is 0 Å². The van der Waals surface area contributed by atoms with E-state index in [1.54, 1.807) is 29.2 Å². The number of hydrogen-bond acceptors (Lipinski definition) is 3. The number of anilines is 2. The Morgan fingerprint density at radius 1 is 0.808 bits per heavy atom. The van der Waals surface area contributed by atoms with E-state index in [1.807, 2.05) is 0 Å². The van der Waals surface area contributed by atoms with Crippen molar-refractivity contribution in [1.29, 1.82) is 0 Å². The third-order valence-electron chi connectivity index (χ3n) is 4.24. The summed E-state index contributed by atoms with van der Waals surface area (Å²) in [5.41, 5.74) is 6.95. The van der Waals surface area contributed by atoms with E-state index >= 15 is 0 Å². The molecule has 0 spiro atoms. The van der Waals surface area contributed by atoms with E-state index in [4.69, 9.17) is 5.73 Å².